The molecule has 0 atom stereocenters. The maximum Gasteiger partial charge on any atom is 0.313 e. The fraction of sp³-hybridized carbons (Fsp3) is 0.286. The van der Waals surface area contributed by atoms with Crippen LogP contribution in [0, 0.1) is 0 Å². The van der Waals surface area contributed by atoms with Gasteiger partial charge >= 0.3 is 5.97 Å². The molecule has 0 saturated heterocycles. The second-order valence-corrected chi connectivity index (χ2v) is 4.57. The largest absolute Gasteiger partial charge is 0.494 e. The van der Waals surface area contributed by atoms with Crippen molar-refractivity contribution >= 4 is 28.5 Å². The average molecular weight is 301 g/mol. The summed E-state index contributed by atoms with van der Waals surface area (Å²) < 4.78 is 11.6. The number of nitrogens with zero attached hydrogens (tertiary/aromatic N) is 4. The molecule has 8 heteroatoms. The zero-order chi connectivity index (χ0) is 15.7. The normalized spacial score (nSPS) is 11.0. The Hall–Kier alpha value is -2.90. The van der Waals surface area contributed by atoms with Gasteiger partial charge in [-0.15, -0.1) is 5.10 Å². The molecule has 0 amide bonds. The fourth-order valence-electron chi connectivity index (χ4n) is 2.25. The van der Waals surface area contributed by atoms with Crippen LogP contribution in [-0.2, 0) is 16.0 Å². The van der Waals surface area contributed by atoms with Crippen molar-refractivity contribution in [1.29, 1.82) is 0 Å². The van der Waals surface area contributed by atoms with Gasteiger partial charge in [-0.25, -0.2) is 9.97 Å². The van der Waals surface area contributed by atoms with Crippen molar-refractivity contribution in [2.45, 2.75) is 13.3 Å². The van der Waals surface area contributed by atoms with Crippen LogP contribution in [0.15, 0.2) is 18.2 Å². The highest BCUT2D eigenvalue weighted by molar-refractivity contribution is 5.95. The summed E-state index contributed by atoms with van der Waals surface area (Å²) in [4.78, 5) is 20.2. The number of aromatic nitrogens is 4. The third-order valence-corrected chi connectivity index (χ3v) is 3.16. The van der Waals surface area contributed by atoms with Crippen LogP contribution < -0.4 is 10.5 Å². The van der Waals surface area contributed by atoms with Crippen molar-refractivity contribution in [1.82, 2.24) is 19.6 Å². The van der Waals surface area contributed by atoms with Crippen LogP contribution in [0.2, 0.25) is 0 Å². The van der Waals surface area contributed by atoms with E-state index in [0.717, 1.165) is 5.39 Å². The molecule has 0 aliphatic carbocycles. The van der Waals surface area contributed by atoms with Crippen LogP contribution in [0.1, 0.15) is 12.7 Å². The minimum Gasteiger partial charge on any atom is -0.494 e. The molecule has 0 aliphatic heterocycles. The van der Waals surface area contributed by atoms with Crippen molar-refractivity contribution in [3.63, 3.8) is 0 Å². The van der Waals surface area contributed by atoms with Crippen molar-refractivity contribution < 1.29 is 14.3 Å². The second-order valence-electron chi connectivity index (χ2n) is 4.57. The highest BCUT2D eigenvalue weighted by Gasteiger charge is 2.16. The molecule has 0 fully saturated rings. The van der Waals surface area contributed by atoms with E-state index in [1.54, 1.807) is 20.1 Å². The van der Waals surface area contributed by atoms with E-state index in [1.807, 2.05) is 12.1 Å². The van der Waals surface area contributed by atoms with Crippen molar-refractivity contribution in [2.24, 2.45) is 0 Å². The number of ether oxygens (including phenoxy) is 2. The summed E-state index contributed by atoms with van der Waals surface area (Å²) in [6, 6.07) is 5.47. The Balaban J connectivity index is 2.16. The Bertz CT molecular complexity index is 858. The fourth-order valence-corrected chi connectivity index (χ4v) is 2.25. The van der Waals surface area contributed by atoms with E-state index < -0.39 is 0 Å². The van der Waals surface area contributed by atoms with Crippen LogP contribution in [0.5, 0.6) is 5.75 Å². The van der Waals surface area contributed by atoms with Crippen LogP contribution >= 0.6 is 0 Å². The molecule has 1 aromatic carbocycles. The average Bonchev–Trinajstić information content (AvgIpc) is 2.91. The molecule has 2 aromatic heterocycles. The topological polar surface area (TPSA) is 105 Å². The minimum absolute atomic E-state index is 0.0135. The van der Waals surface area contributed by atoms with Gasteiger partial charge in [-0.3, -0.25) is 4.79 Å². The number of anilines is 1. The summed E-state index contributed by atoms with van der Waals surface area (Å²) in [5.74, 6) is 0.727. The number of para-hydroxylation sites is 1. The molecule has 114 valence electrons. The molecule has 0 unspecified atom stereocenters. The number of benzene rings is 1. The number of carbonyl (C=O) groups excluding carboxylic acids is 1. The first-order valence-electron chi connectivity index (χ1n) is 6.77. The van der Waals surface area contributed by atoms with Gasteiger partial charge in [-0.2, -0.15) is 4.52 Å². The lowest BCUT2D eigenvalue weighted by Gasteiger charge is -2.06. The second kappa shape index (κ2) is 5.47. The number of methoxy groups -OCH3 is 1. The van der Waals surface area contributed by atoms with Gasteiger partial charge < -0.3 is 15.2 Å². The molecular formula is C14H15N5O3. The van der Waals surface area contributed by atoms with Crippen molar-refractivity contribution in [3.05, 3.63) is 24.0 Å². The molecule has 3 aromatic rings. The Kier molecular flexibility index (Phi) is 3.50. The Morgan fingerprint density at radius 1 is 1.36 bits per heavy atom. The van der Waals surface area contributed by atoms with E-state index in [-0.39, 0.29) is 18.3 Å². The molecule has 2 N–H and O–H groups in total. The summed E-state index contributed by atoms with van der Waals surface area (Å²) in [6.45, 7) is 2.06. The van der Waals surface area contributed by atoms with Gasteiger partial charge in [0.15, 0.2) is 11.5 Å². The summed E-state index contributed by atoms with van der Waals surface area (Å²) >= 11 is 0. The molecule has 22 heavy (non-hydrogen) atoms. The molecule has 0 radical (unpaired) electrons. The number of rotatable bonds is 4. The maximum atomic E-state index is 11.6. The number of esters is 1. The highest BCUT2D eigenvalue weighted by Crippen LogP contribution is 2.27. The Labute approximate surface area is 125 Å². The molecule has 0 aliphatic rings. The summed E-state index contributed by atoms with van der Waals surface area (Å²) in [7, 11) is 1.56. The first kappa shape index (κ1) is 14.1. The summed E-state index contributed by atoms with van der Waals surface area (Å²) in [5, 5.41) is 4.96. The molecule has 0 spiro atoms. The van der Waals surface area contributed by atoms with Gasteiger partial charge in [-0.05, 0) is 19.1 Å². The van der Waals surface area contributed by atoms with E-state index in [2.05, 4.69) is 15.1 Å². The molecule has 2 heterocycles. The molecule has 8 nitrogen and oxygen atoms in total. The van der Waals surface area contributed by atoms with Gasteiger partial charge in [0.1, 0.15) is 17.7 Å². The first-order valence-corrected chi connectivity index (χ1v) is 6.77. The Morgan fingerprint density at radius 2 is 2.18 bits per heavy atom. The SMILES string of the molecule is CCOC(=O)Cc1nc2c3cccc(OC)c3nc(N)n2n1. The lowest BCUT2D eigenvalue weighted by Crippen LogP contribution is -2.09. The first-order chi connectivity index (χ1) is 10.6. The summed E-state index contributed by atoms with van der Waals surface area (Å²) in [6.07, 6.45) is -0.0135. The lowest BCUT2D eigenvalue weighted by molar-refractivity contribution is -0.142. The minimum atomic E-state index is -0.383. The zero-order valence-electron chi connectivity index (χ0n) is 12.2. The summed E-state index contributed by atoms with van der Waals surface area (Å²) in [5.41, 5.74) is 7.06. The van der Waals surface area contributed by atoms with Gasteiger partial charge in [0.2, 0.25) is 5.95 Å². The third kappa shape index (κ3) is 2.28. The van der Waals surface area contributed by atoms with Crippen LogP contribution in [-0.4, -0.2) is 39.3 Å². The van der Waals surface area contributed by atoms with E-state index in [9.17, 15) is 4.79 Å². The molecular weight excluding hydrogens is 286 g/mol. The number of fused-ring (bicyclic) bond motifs is 3. The molecule has 0 saturated carbocycles. The number of nitrogen functional groups attached to an aromatic ring is 1. The maximum absolute atomic E-state index is 11.6. The van der Waals surface area contributed by atoms with E-state index in [4.69, 9.17) is 15.2 Å². The predicted octanol–water partition coefficient (Wildman–Crippen LogP) is 0.974. The van der Waals surface area contributed by atoms with Crippen LogP contribution in [0.4, 0.5) is 5.95 Å². The van der Waals surface area contributed by atoms with Crippen LogP contribution in [0.3, 0.4) is 0 Å². The van der Waals surface area contributed by atoms with E-state index in [0.29, 0.717) is 29.3 Å². The number of nitrogens with two attached hydrogens (primary N) is 1. The van der Waals surface area contributed by atoms with E-state index >= 15 is 0 Å². The highest BCUT2D eigenvalue weighted by atomic mass is 16.5. The quantitative estimate of drug-likeness (QED) is 0.716. The third-order valence-electron chi connectivity index (χ3n) is 3.16. The molecule has 3 rings (SSSR count). The van der Waals surface area contributed by atoms with Gasteiger partial charge in [0.05, 0.1) is 13.7 Å². The van der Waals surface area contributed by atoms with Gasteiger partial charge in [0, 0.05) is 5.39 Å². The number of carbonyl (C=O) groups is 1. The predicted molar refractivity (Wildman–Crippen MR) is 79.6 cm³/mol. The lowest BCUT2D eigenvalue weighted by atomic mass is 10.2. The van der Waals surface area contributed by atoms with Crippen molar-refractivity contribution in [2.75, 3.05) is 19.5 Å². The number of hydrogen-bond donors (Lipinski definition) is 1. The van der Waals surface area contributed by atoms with Crippen molar-refractivity contribution in [3.8, 4) is 5.75 Å². The van der Waals surface area contributed by atoms with Crippen LogP contribution in [0.25, 0.3) is 16.6 Å². The van der Waals surface area contributed by atoms with Gasteiger partial charge in [0.25, 0.3) is 0 Å². The monoisotopic (exact) mass is 301 g/mol. The Morgan fingerprint density at radius 3 is 2.91 bits per heavy atom. The molecule has 0 bridgehead atoms. The smallest absolute Gasteiger partial charge is 0.313 e. The number of hydrogen-bond acceptors (Lipinski definition) is 7. The van der Waals surface area contributed by atoms with E-state index in [1.165, 1.54) is 4.52 Å². The standard InChI is InChI=1S/C14H15N5O3/c1-3-22-11(20)7-10-16-13-8-5-4-6-9(21-2)12(8)17-14(15)19(13)18-10/h4-6H,3,7H2,1-2H3,(H2,15,17). The zero-order valence-corrected chi connectivity index (χ0v) is 12.2. The van der Waals surface area contributed by atoms with Gasteiger partial charge in [-0.1, -0.05) is 6.07 Å².